The van der Waals surface area contributed by atoms with Crippen molar-refractivity contribution in [1.29, 1.82) is 0 Å². The van der Waals surface area contributed by atoms with Gasteiger partial charge in [-0.2, -0.15) is 0 Å². The Balaban J connectivity index is 2.22. The van der Waals surface area contributed by atoms with Gasteiger partial charge in [-0.05, 0) is 12.1 Å². The number of hydrogen-bond donors (Lipinski definition) is 2. The molecule has 0 spiro atoms. The van der Waals surface area contributed by atoms with Crippen molar-refractivity contribution in [2.75, 3.05) is 0 Å². The Bertz CT molecular complexity index is 867. The van der Waals surface area contributed by atoms with Gasteiger partial charge in [0.1, 0.15) is 6.23 Å². The third-order valence-corrected chi connectivity index (χ3v) is 4.79. The molecule has 1 unspecified atom stereocenters. The van der Waals surface area contributed by atoms with Crippen LogP contribution in [0.25, 0.3) is 10.9 Å². The second-order valence-electron chi connectivity index (χ2n) is 6.82. The van der Waals surface area contributed by atoms with Crippen LogP contribution in [0.15, 0.2) is 41.7 Å². The number of aliphatic hydroxyl groups excluding tert-OH is 1. The Morgan fingerprint density at radius 3 is 2.71 bits per heavy atom. The molecule has 24 heavy (non-hydrogen) atoms. The van der Waals surface area contributed by atoms with E-state index in [1.807, 2.05) is 32.0 Å². The number of benzene rings is 1. The fraction of sp³-hybridized carbons (Fsp3) is 0.368. The molecule has 126 valence electrons. The molecule has 1 atom stereocenters. The predicted octanol–water partition coefficient (Wildman–Crippen LogP) is 2.43. The lowest BCUT2D eigenvalue weighted by Gasteiger charge is -2.27. The summed E-state index contributed by atoms with van der Waals surface area (Å²) in [5.74, 6) is -0.127. The van der Waals surface area contributed by atoms with Crippen molar-refractivity contribution in [3.8, 4) is 0 Å². The van der Waals surface area contributed by atoms with E-state index in [1.54, 1.807) is 12.1 Å². The SMILES string of the molecule is C=CC(C)(C)c1[nH]c2ccccc2c(=O)c1CN1C(=O)CCC1O. The van der Waals surface area contributed by atoms with Crippen LogP contribution in [0.3, 0.4) is 0 Å². The number of carbonyl (C=O) groups is 1. The third-order valence-electron chi connectivity index (χ3n) is 4.79. The average Bonchev–Trinajstić information content (AvgIpc) is 2.88. The Labute approximate surface area is 140 Å². The lowest BCUT2D eigenvalue weighted by molar-refractivity contribution is -0.134. The maximum absolute atomic E-state index is 13.0. The highest BCUT2D eigenvalue weighted by Gasteiger charge is 2.32. The highest BCUT2D eigenvalue weighted by atomic mass is 16.3. The van der Waals surface area contributed by atoms with Crippen LogP contribution < -0.4 is 5.43 Å². The molecule has 0 bridgehead atoms. The summed E-state index contributed by atoms with van der Waals surface area (Å²) in [7, 11) is 0. The Morgan fingerprint density at radius 1 is 1.38 bits per heavy atom. The standard InChI is InChI=1S/C19H22N2O3/c1-4-19(2,3)18-13(11-21-15(22)9-10-16(21)23)17(24)12-7-5-6-8-14(12)20-18/h4-8,15,22H,1,9-11H2,2-3H3,(H,20,24). The number of hydrogen-bond acceptors (Lipinski definition) is 3. The maximum Gasteiger partial charge on any atom is 0.225 e. The summed E-state index contributed by atoms with van der Waals surface area (Å²) >= 11 is 0. The van der Waals surface area contributed by atoms with Gasteiger partial charge in [0.05, 0.1) is 6.54 Å². The Hall–Kier alpha value is -2.40. The maximum atomic E-state index is 13.0. The number of nitrogens with zero attached hydrogens (tertiary/aromatic N) is 1. The van der Waals surface area contributed by atoms with E-state index in [2.05, 4.69) is 11.6 Å². The predicted molar refractivity (Wildman–Crippen MR) is 93.6 cm³/mol. The number of pyridine rings is 1. The van der Waals surface area contributed by atoms with Crippen molar-refractivity contribution in [1.82, 2.24) is 9.88 Å². The van der Waals surface area contributed by atoms with Crippen molar-refractivity contribution >= 4 is 16.8 Å². The van der Waals surface area contributed by atoms with E-state index in [1.165, 1.54) is 4.90 Å². The van der Waals surface area contributed by atoms with Crippen LogP contribution in [0.5, 0.6) is 0 Å². The van der Waals surface area contributed by atoms with Crippen molar-refractivity contribution in [2.24, 2.45) is 0 Å². The smallest absolute Gasteiger partial charge is 0.225 e. The minimum absolute atomic E-state index is 0.104. The zero-order valence-corrected chi connectivity index (χ0v) is 14.0. The number of aromatic amines is 1. The van der Waals surface area contributed by atoms with Gasteiger partial charge < -0.3 is 15.0 Å². The van der Waals surface area contributed by atoms with Crippen LogP contribution >= 0.6 is 0 Å². The molecular weight excluding hydrogens is 304 g/mol. The summed E-state index contributed by atoms with van der Waals surface area (Å²) in [5, 5.41) is 10.6. The molecule has 3 rings (SSSR count). The number of aliphatic hydroxyl groups is 1. The van der Waals surface area contributed by atoms with Gasteiger partial charge in [-0.1, -0.05) is 32.1 Å². The van der Waals surface area contributed by atoms with Crippen LogP contribution in [0, 0.1) is 0 Å². The number of para-hydroxylation sites is 1. The first kappa shape index (κ1) is 16.5. The summed E-state index contributed by atoms with van der Waals surface area (Å²) < 4.78 is 0. The summed E-state index contributed by atoms with van der Waals surface area (Å²) in [6.07, 6.45) is 1.67. The van der Waals surface area contributed by atoms with Gasteiger partial charge in [-0.15, -0.1) is 6.58 Å². The molecule has 1 aliphatic rings. The molecule has 1 aromatic carbocycles. The average molecular weight is 326 g/mol. The van der Waals surface area contributed by atoms with E-state index in [0.717, 1.165) is 11.2 Å². The molecule has 1 amide bonds. The molecule has 1 aromatic heterocycles. The number of likely N-dealkylation sites (tertiary alicyclic amines) is 1. The van der Waals surface area contributed by atoms with Gasteiger partial charge >= 0.3 is 0 Å². The van der Waals surface area contributed by atoms with Gasteiger partial charge in [-0.25, -0.2) is 0 Å². The van der Waals surface area contributed by atoms with E-state index in [-0.39, 0.29) is 17.9 Å². The molecule has 2 aromatic rings. The summed E-state index contributed by atoms with van der Waals surface area (Å²) in [6.45, 7) is 7.90. The molecule has 0 radical (unpaired) electrons. The molecule has 1 saturated heterocycles. The lowest BCUT2D eigenvalue weighted by Crippen LogP contribution is -2.36. The number of rotatable bonds is 4. The fourth-order valence-electron chi connectivity index (χ4n) is 3.16. The van der Waals surface area contributed by atoms with E-state index in [9.17, 15) is 14.7 Å². The van der Waals surface area contributed by atoms with Gasteiger partial charge in [-0.3, -0.25) is 9.59 Å². The number of fused-ring (bicyclic) bond motifs is 1. The van der Waals surface area contributed by atoms with E-state index < -0.39 is 11.6 Å². The van der Waals surface area contributed by atoms with Gasteiger partial charge in [0.15, 0.2) is 5.43 Å². The summed E-state index contributed by atoms with van der Waals surface area (Å²) in [6, 6.07) is 7.32. The first-order valence-electron chi connectivity index (χ1n) is 8.10. The highest BCUT2D eigenvalue weighted by Crippen LogP contribution is 2.28. The number of nitrogens with one attached hydrogen (secondary N) is 1. The third kappa shape index (κ3) is 2.65. The number of aromatic nitrogens is 1. The normalized spacial score (nSPS) is 18.4. The van der Waals surface area contributed by atoms with Gasteiger partial charge in [0.2, 0.25) is 5.91 Å². The van der Waals surface area contributed by atoms with Crippen molar-refractivity contribution in [2.45, 2.75) is 44.9 Å². The second kappa shape index (κ2) is 5.91. The van der Waals surface area contributed by atoms with Crippen LogP contribution in [-0.2, 0) is 16.8 Å². The highest BCUT2D eigenvalue weighted by molar-refractivity contribution is 5.81. The van der Waals surface area contributed by atoms with Crippen LogP contribution in [-0.4, -0.2) is 27.1 Å². The lowest BCUT2D eigenvalue weighted by atomic mass is 9.85. The molecule has 0 aliphatic carbocycles. The largest absolute Gasteiger partial charge is 0.373 e. The topological polar surface area (TPSA) is 73.4 Å². The molecular formula is C19H22N2O3. The van der Waals surface area contributed by atoms with Crippen LogP contribution in [0.2, 0.25) is 0 Å². The minimum atomic E-state index is -0.830. The van der Waals surface area contributed by atoms with Crippen LogP contribution in [0.1, 0.15) is 37.9 Å². The molecule has 5 nitrogen and oxygen atoms in total. The van der Waals surface area contributed by atoms with Gasteiger partial charge in [0.25, 0.3) is 0 Å². The van der Waals surface area contributed by atoms with Crippen molar-refractivity contribution in [3.05, 3.63) is 58.4 Å². The summed E-state index contributed by atoms with van der Waals surface area (Å²) in [4.78, 5) is 29.8. The zero-order valence-electron chi connectivity index (χ0n) is 14.0. The molecule has 2 N–H and O–H groups in total. The minimum Gasteiger partial charge on any atom is -0.373 e. The van der Waals surface area contributed by atoms with E-state index >= 15 is 0 Å². The molecule has 2 heterocycles. The quantitative estimate of drug-likeness (QED) is 0.848. The second-order valence-corrected chi connectivity index (χ2v) is 6.82. The monoisotopic (exact) mass is 326 g/mol. The molecule has 1 aliphatic heterocycles. The molecule has 0 saturated carbocycles. The zero-order chi connectivity index (χ0) is 17.5. The summed E-state index contributed by atoms with van der Waals surface area (Å²) in [5.41, 5.74) is 1.42. The van der Waals surface area contributed by atoms with E-state index in [4.69, 9.17) is 0 Å². The first-order chi connectivity index (χ1) is 11.3. The number of H-pyrrole nitrogens is 1. The fourth-order valence-corrected chi connectivity index (χ4v) is 3.16. The number of carbonyl (C=O) groups excluding carboxylic acids is 1. The Morgan fingerprint density at radius 2 is 2.08 bits per heavy atom. The van der Waals surface area contributed by atoms with Crippen molar-refractivity contribution < 1.29 is 9.90 Å². The van der Waals surface area contributed by atoms with E-state index in [0.29, 0.717) is 23.8 Å². The van der Waals surface area contributed by atoms with Crippen LogP contribution in [0.4, 0.5) is 0 Å². The number of allylic oxidation sites excluding steroid dienone is 1. The first-order valence-corrected chi connectivity index (χ1v) is 8.10. The number of amides is 1. The Kier molecular flexibility index (Phi) is 4.05. The molecule has 1 fully saturated rings. The van der Waals surface area contributed by atoms with Crippen molar-refractivity contribution in [3.63, 3.8) is 0 Å². The molecule has 5 heteroatoms. The van der Waals surface area contributed by atoms with Gasteiger partial charge in [0, 0.05) is 40.4 Å².